The van der Waals surface area contributed by atoms with E-state index in [1.807, 2.05) is 31.3 Å². The van der Waals surface area contributed by atoms with E-state index in [4.69, 9.17) is 23.2 Å². The van der Waals surface area contributed by atoms with Crippen molar-refractivity contribution in [1.29, 1.82) is 0 Å². The predicted molar refractivity (Wildman–Crippen MR) is 85.0 cm³/mol. The SMILES string of the molecule is Cc1cnc(Cn2c(C(C)Cl)nc3ccc(Cl)cc32)s1. The summed E-state index contributed by atoms with van der Waals surface area (Å²) >= 11 is 14.0. The Morgan fingerprint density at radius 3 is 2.85 bits per heavy atom. The molecule has 0 spiro atoms. The van der Waals surface area contributed by atoms with E-state index in [0.29, 0.717) is 11.6 Å². The van der Waals surface area contributed by atoms with Gasteiger partial charge in [0.25, 0.3) is 0 Å². The van der Waals surface area contributed by atoms with Gasteiger partial charge >= 0.3 is 0 Å². The molecule has 1 atom stereocenters. The molecule has 2 heterocycles. The zero-order chi connectivity index (χ0) is 14.3. The second kappa shape index (κ2) is 5.35. The molecule has 0 aliphatic rings. The van der Waals surface area contributed by atoms with Gasteiger partial charge in [-0.1, -0.05) is 11.6 Å². The Balaban J connectivity index is 2.15. The normalized spacial score (nSPS) is 13.0. The fourth-order valence-electron chi connectivity index (χ4n) is 2.19. The summed E-state index contributed by atoms with van der Waals surface area (Å²) in [4.78, 5) is 10.2. The molecule has 3 nitrogen and oxygen atoms in total. The number of aromatic nitrogens is 3. The molecule has 0 aliphatic carbocycles. The van der Waals surface area contributed by atoms with Crippen molar-refractivity contribution >= 4 is 45.6 Å². The van der Waals surface area contributed by atoms with Crippen LogP contribution in [-0.2, 0) is 6.54 Å². The van der Waals surface area contributed by atoms with Crippen molar-refractivity contribution in [3.8, 4) is 0 Å². The molecule has 0 N–H and O–H groups in total. The van der Waals surface area contributed by atoms with E-state index in [9.17, 15) is 0 Å². The van der Waals surface area contributed by atoms with E-state index < -0.39 is 0 Å². The molecule has 0 radical (unpaired) electrons. The summed E-state index contributed by atoms with van der Waals surface area (Å²) in [6.07, 6.45) is 1.88. The summed E-state index contributed by atoms with van der Waals surface area (Å²) in [5, 5.41) is 1.57. The van der Waals surface area contributed by atoms with Gasteiger partial charge in [-0.05, 0) is 32.0 Å². The van der Waals surface area contributed by atoms with Gasteiger partial charge in [-0.2, -0.15) is 0 Å². The monoisotopic (exact) mass is 325 g/mol. The second-order valence-electron chi connectivity index (χ2n) is 4.67. The Hall–Kier alpha value is -1.10. The van der Waals surface area contributed by atoms with Crippen LogP contribution in [0.2, 0.25) is 5.02 Å². The Bertz CT molecular complexity index is 761. The van der Waals surface area contributed by atoms with Gasteiger partial charge in [0.15, 0.2) is 0 Å². The maximum atomic E-state index is 6.26. The van der Waals surface area contributed by atoms with Crippen LogP contribution in [0.1, 0.15) is 28.0 Å². The molecule has 0 aliphatic heterocycles. The van der Waals surface area contributed by atoms with Gasteiger partial charge in [0.05, 0.1) is 23.0 Å². The second-order valence-corrected chi connectivity index (χ2v) is 7.08. The lowest BCUT2D eigenvalue weighted by atomic mass is 10.3. The highest BCUT2D eigenvalue weighted by atomic mass is 35.5. The summed E-state index contributed by atoms with van der Waals surface area (Å²) in [6.45, 7) is 4.64. The first-order valence-electron chi connectivity index (χ1n) is 6.25. The first-order valence-corrected chi connectivity index (χ1v) is 7.89. The van der Waals surface area contributed by atoms with Crippen LogP contribution in [-0.4, -0.2) is 14.5 Å². The van der Waals surface area contributed by atoms with E-state index in [2.05, 4.69) is 21.5 Å². The van der Waals surface area contributed by atoms with E-state index in [0.717, 1.165) is 21.9 Å². The van der Waals surface area contributed by atoms with Crippen LogP contribution in [0.15, 0.2) is 24.4 Å². The molecule has 1 aromatic carbocycles. The van der Waals surface area contributed by atoms with Crippen LogP contribution in [0.3, 0.4) is 0 Å². The van der Waals surface area contributed by atoms with Crippen LogP contribution in [0.25, 0.3) is 11.0 Å². The zero-order valence-corrected chi connectivity index (χ0v) is 13.4. The van der Waals surface area contributed by atoms with Crippen LogP contribution < -0.4 is 0 Å². The number of benzene rings is 1. The van der Waals surface area contributed by atoms with Crippen molar-refractivity contribution in [2.75, 3.05) is 0 Å². The molecule has 0 bridgehead atoms. The van der Waals surface area contributed by atoms with E-state index >= 15 is 0 Å². The molecule has 1 unspecified atom stereocenters. The fourth-order valence-corrected chi connectivity index (χ4v) is 3.30. The summed E-state index contributed by atoms with van der Waals surface area (Å²) < 4.78 is 2.09. The molecule has 104 valence electrons. The minimum atomic E-state index is -0.165. The van der Waals surface area contributed by atoms with Gasteiger partial charge in [-0.25, -0.2) is 9.97 Å². The van der Waals surface area contributed by atoms with Crippen molar-refractivity contribution < 1.29 is 0 Å². The van der Waals surface area contributed by atoms with Crippen LogP contribution in [0.5, 0.6) is 0 Å². The minimum Gasteiger partial charge on any atom is -0.320 e. The van der Waals surface area contributed by atoms with Gasteiger partial charge in [-0.3, -0.25) is 0 Å². The number of imidazole rings is 1. The van der Waals surface area contributed by atoms with Crippen LogP contribution in [0, 0.1) is 6.92 Å². The van der Waals surface area contributed by atoms with E-state index in [1.165, 1.54) is 4.88 Å². The summed E-state index contributed by atoms with van der Waals surface area (Å²) in [5.74, 6) is 0.844. The lowest BCUT2D eigenvalue weighted by molar-refractivity contribution is 0.738. The number of thiazole rings is 1. The highest BCUT2D eigenvalue weighted by Gasteiger charge is 2.16. The highest BCUT2D eigenvalue weighted by molar-refractivity contribution is 7.11. The van der Waals surface area contributed by atoms with E-state index in [1.54, 1.807) is 11.3 Å². The smallest absolute Gasteiger partial charge is 0.128 e. The molecule has 0 saturated carbocycles. The molecule has 0 saturated heterocycles. The first kappa shape index (κ1) is 13.9. The third-order valence-corrected chi connectivity index (χ3v) is 4.39. The van der Waals surface area contributed by atoms with E-state index in [-0.39, 0.29) is 5.38 Å². The molecule has 3 rings (SSSR count). The van der Waals surface area contributed by atoms with Crippen molar-refractivity contribution in [2.24, 2.45) is 0 Å². The maximum Gasteiger partial charge on any atom is 0.128 e. The number of hydrogen-bond donors (Lipinski definition) is 0. The number of aryl methyl sites for hydroxylation is 1. The lowest BCUT2D eigenvalue weighted by Gasteiger charge is -2.08. The van der Waals surface area contributed by atoms with Gasteiger partial charge in [-0.15, -0.1) is 22.9 Å². The van der Waals surface area contributed by atoms with Crippen LogP contribution in [0.4, 0.5) is 0 Å². The average molecular weight is 326 g/mol. The fraction of sp³-hybridized carbons (Fsp3) is 0.286. The highest BCUT2D eigenvalue weighted by Crippen LogP contribution is 2.28. The average Bonchev–Trinajstić information content (AvgIpc) is 2.95. The summed E-state index contributed by atoms with van der Waals surface area (Å²) in [5.41, 5.74) is 1.90. The zero-order valence-electron chi connectivity index (χ0n) is 11.1. The standard InChI is InChI=1S/C14H13Cl2N3S/c1-8-6-17-13(20-8)7-19-12-5-10(16)3-4-11(12)18-14(19)9(2)15/h3-6,9H,7H2,1-2H3. The maximum absolute atomic E-state index is 6.26. The van der Waals surface area contributed by atoms with Crippen molar-refractivity contribution in [2.45, 2.75) is 25.8 Å². The van der Waals surface area contributed by atoms with Crippen LogP contribution >= 0.6 is 34.5 Å². The third kappa shape index (κ3) is 2.55. The first-order chi connectivity index (χ1) is 9.54. The largest absolute Gasteiger partial charge is 0.320 e. The molecule has 0 amide bonds. The van der Waals surface area contributed by atoms with Crippen molar-refractivity contribution in [3.63, 3.8) is 0 Å². The minimum absolute atomic E-state index is 0.165. The van der Waals surface area contributed by atoms with Crippen molar-refractivity contribution in [1.82, 2.24) is 14.5 Å². The predicted octanol–water partition coefficient (Wildman–Crippen LogP) is 4.80. The molecule has 2 aromatic heterocycles. The number of rotatable bonds is 3. The molecular formula is C14H13Cl2N3S. The molecule has 20 heavy (non-hydrogen) atoms. The molecule has 6 heteroatoms. The van der Waals surface area contributed by atoms with Gasteiger partial charge in [0, 0.05) is 16.1 Å². The van der Waals surface area contributed by atoms with Gasteiger partial charge in [0.1, 0.15) is 10.8 Å². The van der Waals surface area contributed by atoms with Crippen molar-refractivity contribution in [3.05, 3.63) is 45.1 Å². The summed E-state index contributed by atoms with van der Waals surface area (Å²) in [7, 11) is 0. The Kier molecular flexibility index (Phi) is 3.71. The Labute approximate surface area is 131 Å². The molecule has 3 aromatic rings. The summed E-state index contributed by atoms with van der Waals surface area (Å²) in [6, 6.07) is 5.69. The van der Waals surface area contributed by atoms with Gasteiger partial charge in [0.2, 0.25) is 0 Å². The third-order valence-electron chi connectivity index (χ3n) is 3.06. The topological polar surface area (TPSA) is 30.7 Å². The quantitative estimate of drug-likeness (QED) is 0.647. The number of hydrogen-bond acceptors (Lipinski definition) is 3. The Morgan fingerprint density at radius 2 is 2.20 bits per heavy atom. The van der Waals surface area contributed by atoms with Gasteiger partial charge < -0.3 is 4.57 Å². The number of alkyl halides is 1. The number of fused-ring (bicyclic) bond motifs is 1. The number of halogens is 2. The Morgan fingerprint density at radius 1 is 1.40 bits per heavy atom. The molecule has 0 fully saturated rings. The molecular weight excluding hydrogens is 313 g/mol. The number of nitrogens with zero attached hydrogens (tertiary/aromatic N) is 3. The lowest BCUT2D eigenvalue weighted by Crippen LogP contribution is -2.05.